The van der Waals surface area contributed by atoms with Crippen molar-refractivity contribution in [2.45, 2.75) is 0 Å². The van der Waals surface area contributed by atoms with E-state index in [1.165, 1.54) is 24.3 Å². The molecule has 0 amide bonds. The maximum atomic E-state index is 12.3. The third-order valence-corrected chi connectivity index (χ3v) is 2.56. The van der Waals surface area contributed by atoms with Crippen LogP contribution in [0.3, 0.4) is 0 Å². The van der Waals surface area contributed by atoms with Crippen LogP contribution in [0.2, 0.25) is 0 Å². The average molecular weight is 352 g/mol. The highest BCUT2D eigenvalue weighted by atomic mass is 32.1. The zero-order chi connectivity index (χ0) is 17.9. The van der Waals surface area contributed by atoms with Gasteiger partial charge in [0.25, 0.3) is 5.05 Å². The molecule has 24 heavy (non-hydrogen) atoms. The zero-order valence-corrected chi connectivity index (χ0v) is 13.0. The lowest BCUT2D eigenvalue weighted by Crippen LogP contribution is -2.16. The van der Waals surface area contributed by atoms with Gasteiger partial charge < -0.3 is 19.7 Å². The molecule has 6 nitrogen and oxygen atoms in total. The summed E-state index contributed by atoms with van der Waals surface area (Å²) in [6.45, 7) is -0.411. The first kappa shape index (κ1) is 19.0. The van der Waals surface area contributed by atoms with E-state index < -0.39 is 23.6 Å². The van der Waals surface area contributed by atoms with Crippen LogP contribution in [0.1, 0.15) is 0 Å². The van der Waals surface area contributed by atoms with E-state index in [2.05, 4.69) is 12.2 Å². The Bertz CT molecular complexity index is 687. The lowest BCUT2D eigenvalue weighted by atomic mass is 10.3. The molecule has 0 saturated carbocycles. The van der Waals surface area contributed by atoms with Crippen molar-refractivity contribution >= 4 is 29.2 Å². The van der Waals surface area contributed by atoms with Crippen LogP contribution in [0.15, 0.2) is 54.6 Å². The van der Waals surface area contributed by atoms with Gasteiger partial charge in [0.1, 0.15) is 17.3 Å². The van der Waals surface area contributed by atoms with Crippen LogP contribution in [0, 0.1) is 5.82 Å². The summed E-state index contributed by atoms with van der Waals surface area (Å²) in [6.07, 6.45) is 0. The highest BCUT2D eigenvalue weighted by Gasteiger charge is 2.07. The van der Waals surface area contributed by atoms with Crippen molar-refractivity contribution in [3.05, 3.63) is 60.4 Å². The van der Waals surface area contributed by atoms with Gasteiger partial charge in [0, 0.05) is 0 Å². The molecular weight excluding hydrogens is 339 g/mol. The van der Waals surface area contributed by atoms with Crippen molar-refractivity contribution in [3.8, 4) is 11.5 Å². The van der Waals surface area contributed by atoms with Crippen LogP contribution in [0.4, 0.5) is 4.39 Å². The lowest BCUT2D eigenvalue weighted by molar-refractivity contribution is -0.139. The fourth-order valence-electron chi connectivity index (χ4n) is 1.32. The number of benzene rings is 2. The summed E-state index contributed by atoms with van der Waals surface area (Å²) in [4.78, 5) is 20.3. The number of aliphatic carboxylic acids is 2. The molecule has 0 heterocycles. The predicted molar refractivity (Wildman–Crippen MR) is 86.8 cm³/mol. The first-order valence-corrected chi connectivity index (χ1v) is 6.89. The molecule has 0 unspecified atom stereocenters. The van der Waals surface area contributed by atoms with Gasteiger partial charge in [-0.3, -0.25) is 0 Å². The second kappa shape index (κ2) is 9.90. The Labute approximate surface area is 142 Å². The standard InChI is InChI=1S/C8H7FO3.C8H6O3S/c9-6-1-3-7(4-2-6)12-5-8(10)11;9-7(10)8(12)11-6-4-2-1-3-5-6/h1-4H,5H2,(H,10,11);1-5H,(H,9,10). The summed E-state index contributed by atoms with van der Waals surface area (Å²) in [5, 5.41) is 16.2. The van der Waals surface area contributed by atoms with E-state index in [1.54, 1.807) is 30.3 Å². The summed E-state index contributed by atoms with van der Waals surface area (Å²) < 4.78 is 21.9. The van der Waals surface area contributed by atoms with Gasteiger partial charge in [-0.25, -0.2) is 14.0 Å². The molecule has 0 atom stereocenters. The summed E-state index contributed by atoms with van der Waals surface area (Å²) in [7, 11) is 0. The molecule has 2 N–H and O–H groups in total. The fourth-order valence-corrected chi connectivity index (χ4v) is 1.41. The number of carboxylic acid groups (broad SMARTS) is 2. The van der Waals surface area contributed by atoms with Gasteiger partial charge in [-0.1, -0.05) is 18.2 Å². The fraction of sp³-hybridized carbons (Fsp3) is 0.0625. The van der Waals surface area contributed by atoms with Crippen LogP contribution in [0.25, 0.3) is 0 Å². The number of para-hydroxylation sites is 1. The van der Waals surface area contributed by atoms with Gasteiger partial charge in [-0.15, -0.1) is 0 Å². The maximum absolute atomic E-state index is 12.3. The van der Waals surface area contributed by atoms with Crippen molar-refractivity contribution in [2.75, 3.05) is 6.61 Å². The number of carbonyl (C=O) groups is 2. The van der Waals surface area contributed by atoms with Crippen molar-refractivity contribution in [1.29, 1.82) is 0 Å². The topological polar surface area (TPSA) is 93.1 Å². The summed E-state index contributed by atoms with van der Waals surface area (Å²) in [6, 6.07) is 13.7. The molecular formula is C16H13FO6S. The van der Waals surface area contributed by atoms with Gasteiger partial charge in [-0.05, 0) is 48.6 Å². The van der Waals surface area contributed by atoms with Gasteiger partial charge in [0.05, 0.1) is 0 Å². The molecule has 8 heteroatoms. The normalized spacial score (nSPS) is 9.21. The van der Waals surface area contributed by atoms with E-state index in [0.717, 1.165) is 0 Å². The molecule has 0 aliphatic carbocycles. The molecule has 2 aromatic carbocycles. The van der Waals surface area contributed by atoms with Crippen molar-refractivity contribution in [1.82, 2.24) is 0 Å². The number of hydrogen-bond donors (Lipinski definition) is 2. The second-order valence-corrected chi connectivity index (χ2v) is 4.51. The van der Waals surface area contributed by atoms with E-state index in [9.17, 15) is 14.0 Å². The highest BCUT2D eigenvalue weighted by Crippen LogP contribution is 2.10. The Morgan fingerprint density at radius 2 is 1.54 bits per heavy atom. The zero-order valence-electron chi connectivity index (χ0n) is 12.2. The van der Waals surface area contributed by atoms with E-state index in [1.807, 2.05) is 0 Å². The molecule has 2 aromatic rings. The Kier molecular flexibility index (Phi) is 7.86. The first-order valence-electron chi connectivity index (χ1n) is 6.49. The summed E-state index contributed by atoms with van der Waals surface area (Å²) in [5.41, 5.74) is 0. The van der Waals surface area contributed by atoms with Gasteiger partial charge in [0.2, 0.25) is 0 Å². The van der Waals surface area contributed by atoms with E-state index in [4.69, 9.17) is 19.7 Å². The predicted octanol–water partition coefficient (Wildman–Crippen LogP) is 2.77. The molecule has 0 radical (unpaired) electrons. The number of carboxylic acids is 2. The number of ether oxygens (including phenoxy) is 2. The monoisotopic (exact) mass is 352 g/mol. The minimum Gasteiger partial charge on any atom is -0.482 e. The third-order valence-electron chi connectivity index (χ3n) is 2.30. The Morgan fingerprint density at radius 1 is 0.958 bits per heavy atom. The molecule has 126 valence electrons. The molecule has 0 fully saturated rings. The van der Waals surface area contributed by atoms with Gasteiger partial charge in [0.15, 0.2) is 6.61 Å². The van der Waals surface area contributed by atoms with Crippen LogP contribution in [-0.4, -0.2) is 33.8 Å². The Hall–Kier alpha value is -3.00. The molecule has 0 spiro atoms. The minimum absolute atomic E-state index is 0.346. The minimum atomic E-state index is -1.23. The van der Waals surface area contributed by atoms with Crippen LogP contribution in [-0.2, 0) is 9.59 Å². The molecule has 2 rings (SSSR count). The number of hydrogen-bond acceptors (Lipinski definition) is 5. The Morgan fingerprint density at radius 3 is 2.04 bits per heavy atom. The van der Waals surface area contributed by atoms with Crippen LogP contribution < -0.4 is 9.47 Å². The van der Waals surface area contributed by atoms with Gasteiger partial charge in [-0.2, -0.15) is 0 Å². The quantitative estimate of drug-likeness (QED) is 0.817. The third kappa shape index (κ3) is 7.85. The highest BCUT2D eigenvalue weighted by molar-refractivity contribution is 7.81. The van der Waals surface area contributed by atoms with E-state index in [-0.39, 0.29) is 5.82 Å². The van der Waals surface area contributed by atoms with Crippen molar-refractivity contribution < 1.29 is 33.7 Å². The summed E-state index contributed by atoms with van der Waals surface area (Å²) >= 11 is 4.44. The SMILES string of the molecule is O=C(O)C(=S)Oc1ccccc1.O=C(O)COc1ccc(F)cc1. The smallest absolute Gasteiger partial charge is 0.383 e. The van der Waals surface area contributed by atoms with Crippen molar-refractivity contribution in [2.24, 2.45) is 0 Å². The second-order valence-electron chi connectivity index (χ2n) is 4.14. The van der Waals surface area contributed by atoms with E-state index in [0.29, 0.717) is 11.5 Å². The largest absolute Gasteiger partial charge is 0.482 e. The van der Waals surface area contributed by atoms with E-state index >= 15 is 0 Å². The maximum Gasteiger partial charge on any atom is 0.383 e. The Balaban J connectivity index is 0.000000240. The number of halogens is 1. The molecule has 0 saturated heterocycles. The lowest BCUT2D eigenvalue weighted by Gasteiger charge is -2.01. The van der Waals surface area contributed by atoms with Crippen LogP contribution >= 0.6 is 12.2 Å². The average Bonchev–Trinajstić information content (AvgIpc) is 2.55. The summed E-state index contributed by atoms with van der Waals surface area (Å²) in [5.74, 6) is -1.88. The first-order chi connectivity index (χ1) is 11.4. The van der Waals surface area contributed by atoms with Crippen LogP contribution in [0.5, 0.6) is 11.5 Å². The number of rotatable bonds is 4. The molecule has 0 aliphatic heterocycles. The van der Waals surface area contributed by atoms with Crippen molar-refractivity contribution in [3.63, 3.8) is 0 Å². The molecule has 0 aliphatic rings. The molecule has 0 aromatic heterocycles. The van der Waals surface area contributed by atoms with Gasteiger partial charge >= 0.3 is 11.9 Å². The number of thiocarbonyl (C=S) groups is 1. The molecule has 0 bridgehead atoms.